The molecule has 1 aliphatic rings. The summed E-state index contributed by atoms with van der Waals surface area (Å²) in [4.78, 5) is 0. The Morgan fingerprint density at radius 3 is 2.56 bits per heavy atom. The number of morpholine rings is 1. The van der Waals surface area contributed by atoms with E-state index in [0.717, 1.165) is 0 Å². The standard InChI is InChI=1S/C9H19BrN2O3S/c1-3-11(4-2)16(13,14)12-5-6-15-9(7-10)8-12/h9H,3-8H2,1-2H3. The Balaban J connectivity index is 2.75. The Morgan fingerprint density at radius 1 is 1.44 bits per heavy atom. The molecule has 0 aromatic rings. The summed E-state index contributed by atoms with van der Waals surface area (Å²) in [6, 6.07) is 0. The van der Waals surface area contributed by atoms with Crippen molar-refractivity contribution in [3.8, 4) is 0 Å². The third-order valence-electron chi connectivity index (χ3n) is 2.63. The molecule has 1 saturated heterocycles. The first-order valence-electron chi connectivity index (χ1n) is 5.49. The number of hydrogen-bond donors (Lipinski definition) is 0. The quantitative estimate of drug-likeness (QED) is 0.701. The van der Waals surface area contributed by atoms with Gasteiger partial charge < -0.3 is 4.74 Å². The molecule has 7 heteroatoms. The van der Waals surface area contributed by atoms with Crippen molar-refractivity contribution >= 4 is 26.1 Å². The van der Waals surface area contributed by atoms with E-state index in [2.05, 4.69) is 15.9 Å². The first kappa shape index (κ1) is 14.4. The van der Waals surface area contributed by atoms with Crippen LogP contribution in [-0.4, -0.2) is 61.2 Å². The van der Waals surface area contributed by atoms with Gasteiger partial charge in [-0.25, -0.2) is 0 Å². The average Bonchev–Trinajstić information content (AvgIpc) is 2.30. The Bertz CT molecular complexity index is 306. The number of hydrogen-bond acceptors (Lipinski definition) is 3. The highest BCUT2D eigenvalue weighted by Crippen LogP contribution is 2.14. The van der Waals surface area contributed by atoms with Crippen LogP contribution >= 0.6 is 15.9 Å². The Hall–Kier alpha value is 0.310. The fraction of sp³-hybridized carbons (Fsp3) is 1.00. The second-order valence-electron chi connectivity index (χ2n) is 3.60. The largest absolute Gasteiger partial charge is 0.375 e. The molecule has 1 heterocycles. The minimum Gasteiger partial charge on any atom is -0.375 e. The second-order valence-corrected chi connectivity index (χ2v) is 6.17. The lowest BCUT2D eigenvalue weighted by Gasteiger charge is -2.34. The lowest BCUT2D eigenvalue weighted by molar-refractivity contribution is 0.0118. The van der Waals surface area contributed by atoms with E-state index >= 15 is 0 Å². The van der Waals surface area contributed by atoms with Gasteiger partial charge in [0.15, 0.2) is 0 Å². The van der Waals surface area contributed by atoms with Gasteiger partial charge in [-0.15, -0.1) is 0 Å². The molecule has 0 aromatic carbocycles. The maximum atomic E-state index is 12.2. The van der Waals surface area contributed by atoms with Crippen molar-refractivity contribution in [2.24, 2.45) is 0 Å². The number of nitrogens with zero attached hydrogens (tertiary/aromatic N) is 2. The van der Waals surface area contributed by atoms with Crippen molar-refractivity contribution in [2.75, 3.05) is 38.1 Å². The second kappa shape index (κ2) is 6.30. The highest BCUT2D eigenvalue weighted by Gasteiger charge is 2.32. The number of rotatable bonds is 5. The molecule has 0 bridgehead atoms. The zero-order valence-corrected chi connectivity index (χ0v) is 12.1. The normalized spacial score (nSPS) is 23.9. The van der Waals surface area contributed by atoms with Gasteiger partial charge in [0.1, 0.15) is 0 Å². The molecule has 16 heavy (non-hydrogen) atoms. The lowest BCUT2D eigenvalue weighted by Crippen LogP contribution is -2.51. The number of ether oxygens (including phenoxy) is 1. The predicted molar refractivity (Wildman–Crippen MR) is 66.9 cm³/mol. The SMILES string of the molecule is CCN(CC)S(=O)(=O)N1CCOC(CBr)C1. The molecule has 0 radical (unpaired) electrons. The van der Waals surface area contributed by atoms with Crippen molar-refractivity contribution < 1.29 is 13.2 Å². The summed E-state index contributed by atoms with van der Waals surface area (Å²) in [5.41, 5.74) is 0. The van der Waals surface area contributed by atoms with Crippen molar-refractivity contribution in [3.63, 3.8) is 0 Å². The van der Waals surface area contributed by atoms with Crippen LogP contribution in [0.1, 0.15) is 13.8 Å². The van der Waals surface area contributed by atoms with Gasteiger partial charge in [0.2, 0.25) is 0 Å². The molecule has 0 amide bonds. The van der Waals surface area contributed by atoms with E-state index in [9.17, 15) is 8.42 Å². The molecule has 5 nitrogen and oxygen atoms in total. The summed E-state index contributed by atoms with van der Waals surface area (Å²) >= 11 is 3.32. The van der Waals surface area contributed by atoms with Gasteiger partial charge in [-0.2, -0.15) is 17.0 Å². The van der Waals surface area contributed by atoms with Gasteiger partial charge in [-0.1, -0.05) is 29.8 Å². The van der Waals surface area contributed by atoms with Crippen LogP contribution in [0, 0.1) is 0 Å². The van der Waals surface area contributed by atoms with Crippen LogP contribution in [0.4, 0.5) is 0 Å². The summed E-state index contributed by atoms with van der Waals surface area (Å²) in [5, 5.41) is 0.664. The maximum Gasteiger partial charge on any atom is 0.282 e. The van der Waals surface area contributed by atoms with Crippen LogP contribution in [0.25, 0.3) is 0 Å². The molecule has 0 saturated carbocycles. The van der Waals surface area contributed by atoms with E-state index in [1.54, 1.807) is 0 Å². The van der Waals surface area contributed by atoms with Gasteiger partial charge >= 0.3 is 0 Å². The van der Waals surface area contributed by atoms with Gasteiger partial charge in [-0.05, 0) is 0 Å². The van der Waals surface area contributed by atoms with Crippen LogP contribution in [0.5, 0.6) is 0 Å². The summed E-state index contributed by atoms with van der Waals surface area (Å²) in [6.45, 7) is 6.07. The molecule has 1 fully saturated rings. The summed E-state index contributed by atoms with van der Waals surface area (Å²) in [5.74, 6) is 0. The summed E-state index contributed by atoms with van der Waals surface area (Å²) in [7, 11) is -3.30. The van der Waals surface area contributed by atoms with Crippen molar-refractivity contribution in [2.45, 2.75) is 20.0 Å². The van der Waals surface area contributed by atoms with E-state index < -0.39 is 10.2 Å². The fourth-order valence-electron chi connectivity index (χ4n) is 1.71. The monoisotopic (exact) mass is 314 g/mol. The van der Waals surface area contributed by atoms with Crippen LogP contribution in [0.2, 0.25) is 0 Å². The van der Waals surface area contributed by atoms with Gasteiger partial charge in [0.25, 0.3) is 10.2 Å². The molecule has 1 atom stereocenters. The average molecular weight is 315 g/mol. The topological polar surface area (TPSA) is 49.9 Å². The highest BCUT2D eigenvalue weighted by atomic mass is 79.9. The third kappa shape index (κ3) is 3.16. The van der Waals surface area contributed by atoms with Crippen molar-refractivity contribution in [3.05, 3.63) is 0 Å². The third-order valence-corrected chi connectivity index (χ3v) is 5.51. The molecule has 0 aliphatic carbocycles. The van der Waals surface area contributed by atoms with Gasteiger partial charge in [0, 0.05) is 31.5 Å². The molecule has 96 valence electrons. The van der Waals surface area contributed by atoms with Gasteiger partial charge in [-0.3, -0.25) is 0 Å². The first-order valence-corrected chi connectivity index (χ1v) is 8.00. The molecule has 1 rings (SSSR count). The van der Waals surface area contributed by atoms with Crippen LogP contribution in [0.15, 0.2) is 0 Å². The Morgan fingerprint density at radius 2 is 2.06 bits per heavy atom. The molecule has 0 spiro atoms. The smallest absolute Gasteiger partial charge is 0.282 e. The zero-order valence-electron chi connectivity index (χ0n) is 9.73. The predicted octanol–water partition coefficient (Wildman–Crippen LogP) is 0.669. The fourth-order valence-corrected chi connectivity index (χ4v) is 3.74. The summed E-state index contributed by atoms with van der Waals surface area (Å²) in [6.07, 6.45) is -0.0425. The van der Waals surface area contributed by atoms with E-state index in [1.165, 1.54) is 8.61 Å². The van der Waals surface area contributed by atoms with Crippen LogP contribution < -0.4 is 0 Å². The van der Waals surface area contributed by atoms with E-state index in [0.29, 0.717) is 38.1 Å². The van der Waals surface area contributed by atoms with Crippen molar-refractivity contribution in [1.82, 2.24) is 8.61 Å². The highest BCUT2D eigenvalue weighted by molar-refractivity contribution is 9.09. The van der Waals surface area contributed by atoms with E-state index in [1.807, 2.05) is 13.8 Å². The summed E-state index contributed by atoms with van der Waals surface area (Å²) < 4.78 is 32.8. The molecular formula is C9H19BrN2O3S. The van der Waals surface area contributed by atoms with E-state index in [-0.39, 0.29) is 6.10 Å². The molecule has 0 N–H and O–H groups in total. The number of halogens is 1. The number of alkyl halides is 1. The van der Waals surface area contributed by atoms with Gasteiger partial charge in [0.05, 0.1) is 12.7 Å². The zero-order chi connectivity index (χ0) is 12.2. The van der Waals surface area contributed by atoms with Crippen molar-refractivity contribution in [1.29, 1.82) is 0 Å². The molecule has 1 aliphatic heterocycles. The van der Waals surface area contributed by atoms with E-state index in [4.69, 9.17) is 4.74 Å². The Kier molecular flexibility index (Phi) is 5.66. The first-order chi connectivity index (χ1) is 7.56. The molecule has 1 unspecified atom stereocenters. The van der Waals surface area contributed by atoms with Crippen LogP contribution in [-0.2, 0) is 14.9 Å². The molecule has 0 aromatic heterocycles. The maximum absolute atomic E-state index is 12.2. The Labute approximate surface area is 106 Å². The van der Waals surface area contributed by atoms with Crippen LogP contribution in [0.3, 0.4) is 0 Å². The minimum absolute atomic E-state index is 0.0425. The lowest BCUT2D eigenvalue weighted by atomic mass is 10.3. The minimum atomic E-state index is -3.30. The molecular weight excluding hydrogens is 296 g/mol.